The maximum atomic E-state index is 12.5. The first-order valence-corrected chi connectivity index (χ1v) is 11.9. The third-order valence-corrected chi connectivity index (χ3v) is 9.65. The van der Waals surface area contributed by atoms with Crippen LogP contribution < -0.4 is 15.9 Å². The summed E-state index contributed by atoms with van der Waals surface area (Å²) >= 11 is 0. The van der Waals surface area contributed by atoms with E-state index in [1.807, 2.05) is 60.7 Å². The molecule has 0 radical (unpaired) electrons. The highest BCUT2D eigenvalue weighted by molar-refractivity contribution is 7.96. The van der Waals surface area contributed by atoms with Crippen molar-refractivity contribution in [1.82, 2.24) is 0 Å². The Hall–Kier alpha value is -2.53. The van der Waals surface area contributed by atoms with Gasteiger partial charge in [0.05, 0.1) is 12.0 Å². The van der Waals surface area contributed by atoms with Crippen molar-refractivity contribution >= 4 is 39.3 Å². The van der Waals surface area contributed by atoms with Crippen LogP contribution in [0.4, 0.5) is 0 Å². The molecule has 0 saturated carbocycles. The number of ether oxygens (including phenoxy) is 1. The third-order valence-electron chi connectivity index (χ3n) is 4.54. The highest BCUT2D eigenvalue weighted by Crippen LogP contribution is 2.55. The Bertz CT molecular complexity index is 1030. The molecule has 1 N–H and O–H groups in total. The summed E-state index contributed by atoms with van der Waals surface area (Å²) in [4.78, 5) is 12.3. The van der Waals surface area contributed by atoms with Gasteiger partial charge < -0.3 is 4.74 Å². The molecule has 0 aliphatic heterocycles. The van der Waals surface area contributed by atoms with Crippen molar-refractivity contribution in [3.05, 3.63) is 84.9 Å². The molecule has 3 rings (SSSR count). The van der Waals surface area contributed by atoms with Crippen LogP contribution in [0.3, 0.4) is 0 Å². The first kappa shape index (κ1) is 20.2. The second-order valence-corrected chi connectivity index (χ2v) is 11.1. The van der Waals surface area contributed by atoms with E-state index >= 15 is 0 Å². The van der Waals surface area contributed by atoms with Crippen LogP contribution in [0.25, 0.3) is 0 Å². The summed E-state index contributed by atoms with van der Waals surface area (Å²) in [6.45, 7) is 0. The predicted molar refractivity (Wildman–Crippen MR) is 112 cm³/mol. The summed E-state index contributed by atoms with van der Waals surface area (Å²) in [6.07, 6.45) is 0.0758. The van der Waals surface area contributed by atoms with E-state index in [9.17, 15) is 17.8 Å². The summed E-state index contributed by atoms with van der Waals surface area (Å²) in [6, 6.07) is 25.2. The molecule has 0 spiro atoms. The van der Waals surface area contributed by atoms with E-state index in [1.54, 1.807) is 12.1 Å². The van der Waals surface area contributed by atoms with Gasteiger partial charge in [0, 0.05) is 6.07 Å². The molecule has 0 fully saturated rings. The van der Waals surface area contributed by atoms with Gasteiger partial charge in [0.15, 0.2) is 6.16 Å². The number of hydrogen-bond donors (Lipinski definition) is 1. The fourth-order valence-corrected chi connectivity index (χ4v) is 7.86. The lowest BCUT2D eigenvalue weighted by Crippen LogP contribution is -2.36. The lowest BCUT2D eigenvalue weighted by molar-refractivity contribution is -0.137. The van der Waals surface area contributed by atoms with Crippen LogP contribution >= 0.6 is 7.26 Å². The fourth-order valence-electron chi connectivity index (χ4n) is 3.23. The second kappa shape index (κ2) is 8.23. The lowest BCUT2D eigenvalue weighted by Gasteiger charge is -2.26. The molecular weight excluding hydrogens is 395 g/mol. The number of methoxy groups -OCH3 is 1. The Kier molecular flexibility index (Phi) is 5.94. The van der Waals surface area contributed by atoms with Crippen LogP contribution in [-0.4, -0.2) is 32.2 Å². The van der Waals surface area contributed by atoms with Crippen molar-refractivity contribution in [1.29, 1.82) is 0 Å². The van der Waals surface area contributed by atoms with E-state index < -0.39 is 23.3 Å². The largest absolute Gasteiger partial charge is 0.466 e. The van der Waals surface area contributed by atoms with Gasteiger partial charge in [-0.15, -0.1) is 0 Å². The monoisotopic (exact) mass is 415 g/mol. The van der Waals surface area contributed by atoms with E-state index in [0.717, 1.165) is 10.6 Å². The third kappa shape index (κ3) is 3.99. The van der Waals surface area contributed by atoms with Crippen LogP contribution in [-0.2, 0) is 19.6 Å². The molecule has 0 atom stereocenters. The van der Waals surface area contributed by atoms with E-state index in [1.165, 1.54) is 19.2 Å². The average molecular weight is 415 g/mol. The molecule has 0 bridgehead atoms. The van der Waals surface area contributed by atoms with Gasteiger partial charge in [-0.1, -0.05) is 42.5 Å². The maximum absolute atomic E-state index is 12.5. The molecule has 0 aromatic heterocycles. The Labute approximate surface area is 165 Å². The van der Waals surface area contributed by atoms with Gasteiger partial charge in [-0.05, 0) is 36.4 Å². The first-order valence-electron chi connectivity index (χ1n) is 8.52. The minimum atomic E-state index is -4.38. The summed E-state index contributed by atoms with van der Waals surface area (Å²) in [5.41, 5.74) is 0. The molecular formula is C21H20O5PS+. The summed E-state index contributed by atoms with van der Waals surface area (Å²) in [5.74, 6) is -0.390. The lowest BCUT2D eigenvalue weighted by atomic mass is 10.3. The van der Waals surface area contributed by atoms with Crippen molar-refractivity contribution in [2.24, 2.45) is 0 Å². The minimum Gasteiger partial charge on any atom is -0.466 e. The predicted octanol–water partition coefficient (Wildman–Crippen LogP) is 2.40. The molecule has 0 aliphatic rings. The average Bonchev–Trinajstić information content (AvgIpc) is 2.72. The van der Waals surface area contributed by atoms with E-state index in [-0.39, 0.29) is 11.1 Å². The minimum absolute atomic E-state index is 0.0758. The number of carbonyl (C=O) groups excluding carboxylic acids is 1. The van der Waals surface area contributed by atoms with Crippen LogP contribution in [0.1, 0.15) is 0 Å². The molecule has 28 heavy (non-hydrogen) atoms. The Morgan fingerprint density at radius 2 is 1.36 bits per heavy atom. The van der Waals surface area contributed by atoms with Crippen molar-refractivity contribution in [3.63, 3.8) is 0 Å². The van der Waals surface area contributed by atoms with Gasteiger partial charge in [-0.25, -0.2) is 4.79 Å². The molecule has 5 nitrogen and oxygen atoms in total. The quantitative estimate of drug-likeness (QED) is 0.380. The van der Waals surface area contributed by atoms with E-state index in [0.29, 0.717) is 5.30 Å². The zero-order valence-corrected chi connectivity index (χ0v) is 16.9. The van der Waals surface area contributed by atoms with Crippen LogP contribution in [0, 0.1) is 0 Å². The number of carbonyl (C=O) groups is 1. The van der Waals surface area contributed by atoms with E-state index in [2.05, 4.69) is 0 Å². The zero-order valence-electron chi connectivity index (χ0n) is 15.2. The van der Waals surface area contributed by atoms with Gasteiger partial charge in [0.25, 0.3) is 10.1 Å². The standard InChI is InChI=1S/C21H19O5PS/c1-26-21(22)16-27(17-9-4-2-5-10-17,18-11-6-3-7-12-18)19-13-8-14-20(15-19)28(23,24)25/h2-15H,16H2,1H3/p+1. The van der Waals surface area contributed by atoms with Crippen LogP contribution in [0.2, 0.25) is 0 Å². The molecule has 3 aromatic carbocycles. The molecule has 3 aromatic rings. The van der Waals surface area contributed by atoms with Crippen molar-refractivity contribution in [3.8, 4) is 0 Å². The summed E-state index contributed by atoms with van der Waals surface area (Å²) in [5, 5.41) is 2.50. The van der Waals surface area contributed by atoms with Gasteiger partial charge in [0.1, 0.15) is 23.2 Å². The number of rotatable bonds is 6. The van der Waals surface area contributed by atoms with Crippen LogP contribution in [0.15, 0.2) is 89.8 Å². The Balaban J connectivity index is 2.37. The summed E-state index contributed by atoms with van der Waals surface area (Å²) < 4.78 is 38.0. The number of hydrogen-bond acceptors (Lipinski definition) is 4. The number of esters is 1. The Morgan fingerprint density at radius 3 is 1.82 bits per heavy atom. The zero-order chi connectivity index (χ0) is 20.2. The van der Waals surface area contributed by atoms with Crippen molar-refractivity contribution in [2.45, 2.75) is 4.90 Å². The van der Waals surface area contributed by atoms with Gasteiger partial charge >= 0.3 is 5.97 Å². The topological polar surface area (TPSA) is 80.7 Å². The van der Waals surface area contributed by atoms with Crippen molar-refractivity contribution < 1.29 is 22.5 Å². The van der Waals surface area contributed by atoms with E-state index in [4.69, 9.17) is 4.74 Å². The smallest absolute Gasteiger partial charge is 0.344 e. The molecule has 0 aliphatic carbocycles. The fraction of sp³-hybridized carbons (Fsp3) is 0.0952. The van der Waals surface area contributed by atoms with Gasteiger partial charge in [-0.2, -0.15) is 8.42 Å². The maximum Gasteiger partial charge on any atom is 0.344 e. The highest BCUT2D eigenvalue weighted by Gasteiger charge is 2.48. The molecule has 144 valence electrons. The second-order valence-electron chi connectivity index (χ2n) is 6.19. The first-order chi connectivity index (χ1) is 13.4. The SMILES string of the molecule is COC(=O)C[P+](c1ccccc1)(c1ccccc1)c1cccc(S(=O)(=O)O)c1. The van der Waals surface area contributed by atoms with Crippen molar-refractivity contribution in [2.75, 3.05) is 13.3 Å². The van der Waals surface area contributed by atoms with Gasteiger partial charge in [0.2, 0.25) is 0 Å². The van der Waals surface area contributed by atoms with Gasteiger partial charge in [-0.3, -0.25) is 4.55 Å². The molecule has 0 unspecified atom stereocenters. The highest BCUT2D eigenvalue weighted by atomic mass is 32.2. The molecule has 0 amide bonds. The molecule has 0 heterocycles. The number of benzene rings is 3. The van der Waals surface area contributed by atoms with Crippen LogP contribution in [0.5, 0.6) is 0 Å². The Morgan fingerprint density at radius 1 is 0.857 bits per heavy atom. The normalized spacial score (nSPS) is 11.8. The molecule has 0 saturated heterocycles. The summed E-state index contributed by atoms with van der Waals surface area (Å²) in [7, 11) is -5.62. The molecule has 7 heteroatoms.